The summed E-state index contributed by atoms with van der Waals surface area (Å²) in [6.07, 6.45) is -6.76. The lowest BCUT2D eigenvalue weighted by molar-refractivity contribution is -0.132. The molecule has 2 aliphatic rings. The summed E-state index contributed by atoms with van der Waals surface area (Å²) in [5.74, 6) is -1.61. The molecule has 0 amide bonds. The predicted octanol–water partition coefficient (Wildman–Crippen LogP) is 7.76. The fourth-order valence-electron chi connectivity index (χ4n) is 5.95. The first-order chi connectivity index (χ1) is 27.7. The van der Waals surface area contributed by atoms with E-state index in [1.807, 2.05) is 12.1 Å². The van der Waals surface area contributed by atoms with Crippen LogP contribution in [0.2, 0.25) is 0 Å². The van der Waals surface area contributed by atoms with Crippen LogP contribution in [0.1, 0.15) is 58.5 Å². The Hall–Kier alpha value is -6.67. The molecule has 0 unspecified atom stereocenters. The van der Waals surface area contributed by atoms with Crippen LogP contribution in [0, 0.1) is 0 Å². The first-order valence-electron chi connectivity index (χ1n) is 18.1. The van der Waals surface area contributed by atoms with Crippen molar-refractivity contribution in [2.24, 2.45) is 0 Å². The Kier molecular flexibility index (Phi) is 13.5. The average molecular weight is 781 g/mol. The largest absolute Gasteiger partial charge is 0.514 e. The lowest BCUT2D eigenvalue weighted by Gasteiger charge is -2.24. The molecule has 4 aromatic carbocycles. The standard InChI is InChI=1S/C43H40O14/c1-27-13-12-20-33(44)39(57-43(48)52-26-30-18-10-5-11-19-30)36(56-42(47)51-25-29-16-8-4-9-17-29)23-35-38(54-35)32-21-31(49-2)22-34(37(32)40(45)53-27)55-41(46)50-24-28-14-6-3-7-15-28/h3-12,14-22,27,35-36,38-39H,13,23-26H2,1-2H3/b20-12-/t27-,35+,36-,38+,39+/m0/s1. The molecule has 0 bridgehead atoms. The van der Waals surface area contributed by atoms with Gasteiger partial charge in [-0.3, -0.25) is 4.79 Å². The Morgan fingerprint density at radius 2 is 1.26 bits per heavy atom. The smallest absolute Gasteiger partial charge is 0.497 e. The number of esters is 1. The van der Waals surface area contributed by atoms with Crippen molar-refractivity contribution in [3.05, 3.63) is 143 Å². The molecular weight excluding hydrogens is 740 g/mol. The Bertz CT molecular complexity index is 2050. The Balaban J connectivity index is 1.29. The van der Waals surface area contributed by atoms with Crippen molar-refractivity contribution in [3.8, 4) is 11.5 Å². The number of carbonyl (C=O) groups is 5. The lowest BCUT2D eigenvalue weighted by atomic mass is 9.96. The summed E-state index contributed by atoms with van der Waals surface area (Å²) in [5.41, 5.74) is 2.14. The molecule has 0 radical (unpaired) electrons. The summed E-state index contributed by atoms with van der Waals surface area (Å²) in [5, 5.41) is 0. The van der Waals surface area contributed by atoms with Gasteiger partial charge in [-0.25, -0.2) is 19.2 Å². The van der Waals surface area contributed by atoms with Crippen molar-refractivity contribution in [2.75, 3.05) is 7.11 Å². The Labute approximate surface area is 328 Å². The summed E-state index contributed by atoms with van der Waals surface area (Å²) in [4.78, 5) is 66.8. The molecule has 1 fully saturated rings. The normalized spacial score (nSPS) is 20.8. The van der Waals surface area contributed by atoms with Gasteiger partial charge in [-0.05, 0) is 35.8 Å². The van der Waals surface area contributed by atoms with E-state index in [1.165, 1.54) is 25.3 Å². The molecule has 2 heterocycles. The Morgan fingerprint density at radius 1 is 0.719 bits per heavy atom. The second-order valence-electron chi connectivity index (χ2n) is 13.0. The molecule has 57 heavy (non-hydrogen) atoms. The van der Waals surface area contributed by atoms with Gasteiger partial charge >= 0.3 is 24.4 Å². The third-order valence-electron chi connectivity index (χ3n) is 8.84. The zero-order valence-corrected chi connectivity index (χ0v) is 31.1. The summed E-state index contributed by atoms with van der Waals surface area (Å²) < 4.78 is 50.1. The fraction of sp³-hybridized carbons (Fsp3) is 0.279. The first kappa shape index (κ1) is 40.0. The number of cyclic esters (lactones) is 1. The minimum absolute atomic E-state index is 0.0383. The van der Waals surface area contributed by atoms with Gasteiger partial charge in [0.25, 0.3) is 0 Å². The number of epoxide rings is 1. The van der Waals surface area contributed by atoms with E-state index in [4.69, 9.17) is 42.6 Å². The van der Waals surface area contributed by atoms with Gasteiger partial charge in [0.1, 0.15) is 43.3 Å². The highest BCUT2D eigenvalue weighted by Gasteiger charge is 2.49. The van der Waals surface area contributed by atoms with Gasteiger partial charge in [-0.1, -0.05) is 97.1 Å². The van der Waals surface area contributed by atoms with Crippen LogP contribution in [0.3, 0.4) is 0 Å². The highest BCUT2D eigenvalue weighted by Crippen LogP contribution is 2.47. The Morgan fingerprint density at radius 3 is 1.82 bits per heavy atom. The van der Waals surface area contributed by atoms with Crippen LogP contribution in [0.4, 0.5) is 14.4 Å². The van der Waals surface area contributed by atoms with E-state index in [1.54, 1.807) is 85.8 Å². The number of ketones is 1. The second-order valence-corrected chi connectivity index (χ2v) is 13.0. The number of ether oxygens (including phenoxy) is 9. The van der Waals surface area contributed by atoms with Gasteiger partial charge in [0.05, 0.1) is 13.2 Å². The van der Waals surface area contributed by atoms with Crippen LogP contribution in [0.15, 0.2) is 115 Å². The molecule has 4 aromatic rings. The molecule has 0 spiro atoms. The zero-order valence-electron chi connectivity index (χ0n) is 31.1. The molecular formula is C43H40O14. The van der Waals surface area contributed by atoms with E-state index in [2.05, 4.69) is 0 Å². The molecule has 1 saturated heterocycles. The maximum absolute atomic E-state index is 13.8. The van der Waals surface area contributed by atoms with Gasteiger partial charge in [0.15, 0.2) is 17.6 Å². The summed E-state index contributed by atoms with van der Waals surface area (Å²) in [6, 6.07) is 29.5. The second kappa shape index (κ2) is 19.3. The molecule has 14 nitrogen and oxygen atoms in total. The van der Waals surface area contributed by atoms with Crippen LogP contribution in [-0.2, 0) is 57.8 Å². The highest BCUT2D eigenvalue weighted by molar-refractivity contribution is 5.96. The molecule has 0 saturated carbocycles. The highest BCUT2D eigenvalue weighted by atomic mass is 16.8. The molecule has 0 N–H and O–H groups in total. The summed E-state index contributed by atoms with van der Waals surface area (Å²) in [7, 11) is 1.38. The van der Waals surface area contributed by atoms with E-state index in [9.17, 15) is 24.0 Å². The van der Waals surface area contributed by atoms with Crippen LogP contribution in [-0.4, -0.2) is 61.7 Å². The molecule has 296 valence electrons. The molecule has 0 aliphatic carbocycles. The third-order valence-corrected chi connectivity index (χ3v) is 8.84. The SMILES string of the molecule is COc1cc(OC(=O)OCc2ccccc2)c2c(c1)[C@H]1O[C@@H]1C[C@H](OC(=O)OCc1ccccc1)[C@H](OC(=O)OCc1ccccc1)C(=O)/C=C\C[C@H](C)OC2=O. The topological polar surface area (TPSA) is 172 Å². The third kappa shape index (κ3) is 11.4. The van der Waals surface area contributed by atoms with Crippen molar-refractivity contribution in [1.82, 2.24) is 0 Å². The predicted molar refractivity (Wildman–Crippen MR) is 199 cm³/mol. The number of benzene rings is 4. The minimum Gasteiger partial charge on any atom is -0.497 e. The van der Waals surface area contributed by atoms with E-state index in [-0.39, 0.29) is 55.3 Å². The molecule has 14 heteroatoms. The summed E-state index contributed by atoms with van der Waals surface area (Å²) in [6.45, 7) is 1.21. The number of rotatable bonds is 10. The van der Waals surface area contributed by atoms with Crippen LogP contribution >= 0.6 is 0 Å². The number of hydrogen-bond acceptors (Lipinski definition) is 14. The van der Waals surface area contributed by atoms with Gasteiger partial charge in [0, 0.05) is 24.5 Å². The van der Waals surface area contributed by atoms with Crippen molar-refractivity contribution >= 4 is 30.2 Å². The van der Waals surface area contributed by atoms with Crippen molar-refractivity contribution in [2.45, 2.75) is 70.1 Å². The summed E-state index contributed by atoms with van der Waals surface area (Å²) >= 11 is 0. The number of hydrogen-bond donors (Lipinski definition) is 0. The number of carbonyl (C=O) groups excluding carboxylic acids is 5. The van der Waals surface area contributed by atoms with E-state index >= 15 is 0 Å². The van der Waals surface area contributed by atoms with E-state index in [0.717, 1.165) is 6.08 Å². The average Bonchev–Trinajstić information content (AvgIpc) is 3.99. The van der Waals surface area contributed by atoms with Crippen molar-refractivity contribution < 1.29 is 66.6 Å². The van der Waals surface area contributed by atoms with Gasteiger partial charge < -0.3 is 42.6 Å². The van der Waals surface area contributed by atoms with Gasteiger partial charge in [-0.2, -0.15) is 0 Å². The van der Waals surface area contributed by atoms with Gasteiger partial charge in [-0.15, -0.1) is 0 Å². The van der Waals surface area contributed by atoms with E-state index < -0.39 is 60.7 Å². The molecule has 0 aromatic heterocycles. The van der Waals surface area contributed by atoms with Crippen LogP contribution in [0.25, 0.3) is 0 Å². The van der Waals surface area contributed by atoms with Crippen molar-refractivity contribution in [1.29, 1.82) is 0 Å². The maximum atomic E-state index is 13.8. The van der Waals surface area contributed by atoms with Gasteiger partial charge in [0.2, 0.25) is 6.10 Å². The fourth-order valence-corrected chi connectivity index (χ4v) is 5.95. The van der Waals surface area contributed by atoms with Crippen LogP contribution < -0.4 is 9.47 Å². The quantitative estimate of drug-likeness (QED) is 0.0661. The molecule has 2 aliphatic heterocycles. The monoisotopic (exact) mass is 780 g/mol. The molecule has 5 atom stereocenters. The van der Waals surface area contributed by atoms with Crippen molar-refractivity contribution in [3.63, 3.8) is 0 Å². The minimum atomic E-state index is -1.71. The maximum Gasteiger partial charge on any atom is 0.514 e. The lowest BCUT2D eigenvalue weighted by Crippen LogP contribution is -2.41. The number of fused-ring (bicyclic) bond motifs is 3. The molecule has 6 rings (SSSR count). The number of methoxy groups -OCH3 is 1. The first-order valence-corrected chi connectivity index (χ1v) is 18.1. The van der Waals surface area contributed by atoms with E-state index in [0.29, 0.717) is 16.7 Å². The zero-order chi connectivity index (χ0) is 40.1. The van der Waals surface area contributed by atoms with Crippen LogP contribution in [0.5, 0.6) is 11.5 Å².